The van der Waals surface area contributed by atoms with Gasteiger partial charge in [-0.1, -0.05) is 19.3 Å². The summed E-state index contributed by atoms with van der Waals surface area (Å²) in [5, 5.41) is 3.03. The summed E-state index contributed by atoms with van der Waals surface area (Å²) < 4.78 is 1.86. The number of nitrogens with one attached hydrogen (secondary N) is 2. The molecule has 0 saturated heterocycles. The fraction of sp³-hybridized carbons (Fsp3) is 0.429. The zero-order valence-corrected chi connectivity index (χ0v) is 12.2. The predicted octanol–water partition coefficient (Wildman–Crippen LogP) is 4.48. The predicted molar refractivity (Wildman–Crippen MR) is 82.2 cm³/mol. The van der Waals surface area contributed by atoms with Crippen LogP contribution < -0.4 is 5.32 Å². The van der Waals surface area contributed by atoms with E-state index < -0.39 is 0 Å². The number of hydrogen-bond acceptors (Lipinski definition) is 3. The molecule has 0 spiro atoms. The molecule has 19 heavy (non-hydrogen) atoms. The van der Waals surface area contributed by atoms with Gasteiger partial charge in [-0.05, 0) is 43.3 Å². The third-order valence-corrected chi connectivity index (χ3v) is 4.86. The van der Waals surface area contributed by atoms with Crippen molar-refractivity contribution in [3.8, 4) is 0 Å². The molecule has 1 fully saturated rings. The number of carbonyl (C=O) groups is 1. The maximum absolute atomic E-state index is 12.2. The van der Waals surface area contributed by atoms with Crippen LogP contribution in [0.3, 0.4) is 0 Å². The van der Waals surface area contributed by atoms with E-state index in [1.165, 1.54) is 30.6 Å². The van der Waals surface area contributed by atoms with Gasteiger partial charge in [-0.25, -0.2) is 0 Å². The molecule has 1 aromatic heterocycles. The Balaban J connectivity index is 1.76. The summed E-state index contributed by atoms with van der Waals surface area (Å²) in [5.41, 5.74) is 1.90. The van der Waals surface area contributed by atoms with E-state index in [2.05, 4.69) is 10.3 Å². The zero-order chi connectivity index (χ0) is 13.2. The summed E-state index contributed by atoms with van der Waals surface area (Å²) in [6.45, 7) is 0. The van der Waals surface area contributed by atoms with Gasteiger partial charge in [0.15, 0.2) is 3.95 Å². The van der Waals surface area contributed by atoms with Crippen LogP contribution in [0.1, 0.15) is 32.1 Å². The number of amides is 1. The lowest BCUT2D eigenvalue weighted by molar-refractivity contribution is -0.120. The highest BCUT2D eigenvalue weighted by Crippen LogP contribution is 2.27. The molecule has 0 aliphatic heterocycles. The number of anilines is 1. The molecule has 1 aromatic carbocycles. The Bertz CT molecular complexity index is 653. The second kappa shape index (κ2) is 5.43. The van der Waals surface area contributed by atoms with Crippen LogP contribution in [0, 0.1) is 9.87 Å². The lowest BCUT2D eigenvalue weighted by atomic mass is 9.88. The molecule has 0 atom stereocenters. The van der Waals surface area contributed by atoms with Crippen molar-refractivity contribution < 1.29 is 4.79 Å². The smallest absolute Gasteiger partial charge is 0.227 e. The number of aromatic nitrogens is 1. The van der Waals surface area contributed by atoms with Gasteiger partial charge in [0.1, 0.15) is 0 Å². The topological polar surface area (TPSA) is 44.9 Å². The molecule has 1 aliphatic carbocycles. The Labute approximate surface area is 121 Å². The van der Waals surface area contributed by atoms with E-state index in [0.29, 0.717) is 0 Å². The maximum Gasteiger partial charge on any atom is 0.227 e. The van der Waals surface area contributed by atoms with Gasteiger partial charge >= 0.3 is 0 Å². The number of thiazole rings is 1. The average Bonchev–Trinajstić information content (AvgIpc) is 2.79. The number of benzene rings is 1. The van der Waals surface area contributed by atoms with E-state index >= 15 is 0 Å². The van der Waals surface area contributed by atoms with Crippen molar-refractivity contribution >= 4 is 45.4 Å². The van der Waals surface area contributed by atoms with E-state index in [-0.39, 0.29) is 11.8 Å². The minimum Gasteiger partial charge on any atom is -0.337 e. The van der Waals surface area contributed by atoms with Gasteiger partial charge in [0.2, 0.25) is 5.91 Å². The van der Waals surface area contributed by atoms with Crippen molar-refractivity contribution in [3.05, 3.63) is 22.2 Å². The lowest BCUT2D eigenvalue weighted by Crippen LogP contribution is -2.24. The standard InChI is InChI=1S/C14H16N2OS2/c17-13(9-4-2-1-3-5-9)15-10-6-7-11-12(8-10)19-14(18)16-11/h6-9H,1-5H2,(H,15,17)(H,16,18). The number of fused-ring (bicyclic) bond motifs is 1. The molecule has 0 unspecified atom stereocenters. The SMILES string of the molecule is O=C(Nc1ccc2[nH]c(=S)sc2c1)C1CCCCC1. The molecule has 1 saturated carbocycles. The number of carbonyl (C=O) groups excluding carboxylic acids is 1. The van der Waals surface area contributed by atoms with Gasteiger partial charge in [-0.3, -0.25) is 4.79 Å². The highest BCUT2D eigenvalue weighted by molar-refractivity contribution is 7.73. The number of hydrogen-bond donors (Lipinski definition) is 2. The van der Waals surface area contributed by atoms with Crippen LogP contribution in [-0.2, 0) is 4.79 Å². The van der Waals surface area contributed by atoms with Crippen molar-refractivity contribution in [3.63, 3.8) is 0 Å². The molecular formula is C14H16N2OS2. The van der Waals surface area contributed by atoms with E-state index in [1.807, 2.05) is 18.2 Å². The molecular weight excluding hydrogens is 276 g/mol. The molecule has 0 radical (unpaired) electrons. The minimum absolute atomic E-state index is 0.165. The van der Waals surface area contributed by atoms with E-state index in [1.54, 1.807) is 0 Å². The zero-order valence-electron chi connectivity index (χ0n) is 10.6. The minimum atomic E-state index is 0.165. The third kappa shape index (κ3) is 2.87. The normalized spacial score (nSPS) is 16.6. The Kier molecular flexibility index (Phi) is 3.66. The molecule has 3 rings (SSSR count). The monoisotopic (exact) mass is 292 g/mol. The van der Waals surface area contributed by atoms with Gasteiger partial charge in [-0.15, -0.1) is 11.3 Å². The summed E-state index contributed by atoms with van der Waals surface area (Å²) in [7, 11) is 0. The van der Waals surface area contributed by atoms with Gasteiger partial charge in [-0.2, -0.15) is 0 Å². The fourth-order valence-corrected chi connectivity index (χ4v) is 3.79. The Morgan fingerprint density at radius 1 is 1.32 bits per heavy atom. The highest BCUT2D eigenvalue weighted by Gasteiger charge is 2.21. The lowest BCUT2D eigenvalue weighted by Gasteiger charge is -2.20. The number of aromatic amines is 1. The summed E-state index contributed by atoms with van der Waals surface area (Å²) in [5.74, 6) is 0.354. The highest BCUT2D eigenvalue weighted by atomic mass is 32.1. The number of rotatable bonds is 2. The first kappa shape index (κ1) is 12.8. The second-order valence-electron chi connectivity index (χ2n) is 5.05. The van der Waals surface area contributed by atoms with Gasteiger partial charge in [0.05, 0.1) is 10.2 Å². The average molecular weight is 292 g/mol. The molecule has 3 nitrogen and oxygen atoms in total. The van der Waals surface area contributed by atoms with Crippen LogP contribution in [-0.4, -0.2) is 10.9 Å². The van der Waals surface area contributed by atoms with E-state index in [4.69, 9.17) is 12.2 Å². The first-order valence-corrected chi connectivity index (χ1v) is 7.88. The first-order chi connectivity index (χ1) is 9.22. The van der Waals surface area contributed by atoms with E-state index in [9.17, 15) is 4.79 Å². The summed E-state index contributed by atoms with van der Waals surface area (Å²) in [4.78, 5) is 15.3. The van der Waals surface area contributed by atoms with Gasteiger partial charge in [0.25, 0.3) is 0 Å². The Hall–Kier alpha value is -1.20. The molecule has 2 aromatic rings. The molecule has 2 N–H and O–H groups in total. The van der Waals surface area contributed by atoms with Crippen LogP contribution in [0.2, 0.25) is 0 Å². The third-order valence-electron chi connectivity index (χ3n) is 3.66. The van der Waals surface area contributed by atoms with Crippen LogP contribution in [0.25, 0.3) is 10.2 Å². The molecule has 1 amide bonds. The molecule has 1 aliphatic rings. The molecule has 1 heterocycles. The summed E-state index contributed by atoms with van der Waals surface area (Å²) >= 11 is 6.66. The fourth-order valence-electron chi connectivity index (χ4n) is 2.63. The summed E-state index contributed by atoms with van der Waals surface area (Å²) in [6, 6.07) is 5.90. The van der Waals surface area contributed by atoms with Crippen molar-refractivity contribution in [1.29, 1.82) is 0 Å². The van der Waals surface area contributed by atoms with Crippen LogP contribution in [0.5, 0.6) is 0 Å². The largest absolute Gasteiger partial charge is 0.337 e. The Morgan fingerprint density at radius 3 is 2.89 bits per heavy atom. The van der Waals surface area contributed by atoms with Crippen LogP contribution >= 0.6 is 23.6 Å². The van der Waals surface area contributed by atoms with Gasteiger partial charge < -0.3 is 10.3 Å². The molecule has 0 bridgehead atoms. The van der Waals surface area contributed by atoms with E-state index in [0.717, 1.165) is 32.7 Å². The van der Waals surface area contributed by atoms with Crippen molar-refractivity contribution in [2.24, 2.45) is 5.92 Å². The van der Waals surface area contributed by atoms with Crippen molar-refractivity contribution in [2.75, 3.05) is 5.32 Å². The maximum atomic E-state index is 12.2. The van der Waals surface area contributed by atoms with Crippen molar-refractivity contribution in [2.45, 2.75) is 32.1 Å². The Morgan fingerprint density at radius 2 is 2.11 bits per heavy atom. The van der Waals surface area contributed by atoms with Crippen LogP contribution in [0.4, 0.5) is 5.69 Å². The van der Waals surface area contributed by atoms with Gasteiger partial charge in [0, 0.05) is 11.6 Å². The van der Waals surface area contributed by atoms with Crippen molar-refractivity contribution in [1.82, 2.24) is 4.98 Å². The second-order valence-corrected chi connectivity index (χ2v) is 6.77. The first-order valence-electron chi connectivity index (χ1n) is 6.66. The molecule has 100 valence electrons. The quantitative estimate of drug-likeness (QED) is 0.802. The summed E-state index contributed by atoms with van der Waals surface area (Å²) in [6.07, 6.45) is 5.67. The molecule has 5 heteroatoms. The van der Waals surface area contributed by atoms with Crippen LogP contribution in [0.15, 0.2) is 18.2 Å². The number of H-pyrrole nitrogens is 1.